The summed E-state index contributed by atoms with van der Waals surface area (Å²) in [7, 11) is 0. The van der Waals surface area contributed by atoms with Gasteiger partial charge in [-0.3, -0.25) is 4.79 Å². The van der Waals surface area contributed by atoms with Gasteiger partial charge in [0.2, 0.25) is 5.91 Å². The number of nitrogens with two attached hydrogens (primary N) is 1. The molecular weight excluding hydrogens is 224 g/mol. The Morgan fingerprint density at radius 3 is 2.78 bits per heavy atom. The van der Waals surface area contributed by atoms with Gasteiger partial charge >= 0.3 is 0 Å². The Morgan fingerprint density at radius 2 is 2.06 bits per heavy atom. The first-order valence-electron chi connectivity index (χ1n) is 6.84. The fraction of sp³-hybridized carbons (Fsp3) is 0.533. The molecule has 3 heteroatoms. The molecule has 1 amide bonds. The topological polar surface area (TPSA) is 46.3 Å². The lowest BCUT2D eigenvalue weighted by Gasteiger charge is -2.36. The van der Waals surface area contributed by atoms with Gasteiger partial charge in [-0.2, -0.15) is 0 Å². The predicted octanol–water partition coefficient (Wildman–Crippen LogP) is 1.96. The molecule has 0 spiro atoms. The highest BCUT2D eigenvalue weighted by Crippen LogP contribution is 2.21. The minimum Gasteiger partial charge on any atom is -0.339 e. The van der Waals surface area contributed by atoms with Crippen LogP contribution in [0, 0.1) is 0 Å². The quantitative estimate of drug-likeness (QED) is 0.882. The van der Waals surface area contributed by atoms with Gasteiger partial charge in [-0.15, -0.1) is 0 Å². The Bertz CT molecular complexity index is 377. The minimum atomic E-state index is 0.220. The number of rotatable bonds is 4. The normalized spacial score (nSPS) is 19.8. The molecule has 2 N–H and O–H groups in total. The third-order valence-electron chi connectivity index (χ3n) is 3.62. The number of benzene rings is 1. The molecule has 98 valence electrons. The molecule has 0 aliphatic carbocycles. The van der Waals surface area contributed by atoms with Crippen molar-refractivity contribution >= 4 is 5.91 Å². The van der Waals surface area contributed by atoms with Crippen molar-refractivity contribution in [2.45, 2.75) is 38.1 Å². The molecule has 0 aromatic heterocycles. The highest BCUT2D eigenvalue weighted by molar-refractivity contribution is 5.76. The van der Waals surface area contributed by atoms with Crippen molar-refractivity contribution in [3.63, 3.8) is 0 Å². The fourth-order valence-corrected chi connectivity index (χ4v) is 2.69. The highest BCUT2D eigenvalue weighted by Gasteiger charge is 2.25. The molecule has 1 aliphatic heterocycles. The first kappa shape index (κ1) is 13.1. The van der Waals surface area contributed by atoms with Crippen molar-refractivity contribution in [3.05, 3.63) is 35.9 Å². The van der Waals surface area contributed by atoms with Gasteiger partial charge in [-0.05, 0) is 31.2 Å². The van der Waals surface area contributed by atoms with Crippen LogP contribution in [0.1, 0.15) is 31.2 Å². The largest absolute Gasteiger partial charge is 0.339 e. The molecular formula is C15H22N2O. The summed E-state index contributed by atoms with van der Waals surface area (Å²) in [5.41, 5.74) is 6.80. The summed E-state index contributed by atoms with van der Waals surface area (Å²) in [6.07, 6.45) is 4.92. The summed E-state index contributed by atoms with van der Waals surface area (Å²) in [6.45, 7) is 1.35. The number of amides is 1. The molecule has 18 heavy (non-hydrogen) atoms. The Labute approximate surface area is 109 Å². The van der Waals surface area contributed by atoms with Gasteiger partial charge in [0.05, 0.1) is 0 Å². The number of hydrogen-bond donors (Lipinski definition) is 1. The maximum atomic E-state index is 12.0. The third kappa shape index (κ3) is 3.33. The zero-order chi connectivity index (χ0) is 12.8. The van der Waals surface area contributed by atoms with E-state index < -0.39 is 0 Å². The molecule has 0 unspecified atom stereocenters. The van der Waals surface area contributed by atoms with Crippen molar-refractivity contribution in [2.75, 3.05) is 13.1 Å². The molecule has 0 bridgehead atoms. The van der Waals surface area contributed by atoms with E-state index in [4.69, 9.17) is 5.73 Å². The van der Waals surface area contributed by atoms with Crippen molar-refractivity contribution in [3.8, 4) is 0 Å². The van der Waals surface area contributed by atoms with E-state index in [0.717, 1.165) is 25.8 Å². The molecule has 1 aromatic rings. The molecule has 0 radical (unpaired) electrons. The maximum absolute atomic E-state index is 12.0. The van der Waals surface area contributed by atoms with Gasteiger partial charge in [-0.1, -0.05) is 30.3 Å². The Hall–Kier alpha value is -1.35. The van der Waals surface area contributed by atoms with Crippen LogP contribution in [-0.2, 0) is 11.2 Å². The van der Waals surface area contributed by atoms with Gasteiger partial charge in [0, 0.05) is 25.6 Å². The zero-order valence-electron chi connectivity index (χ0n) is 10.8. The van der Waals surface area contributed by atoms with Gasteiger partial charge in [0.15, 0.2) is 0 Å². The maximum Gasteiger partial charge on any atom is 0.224 e. The van der Waals surface area contributed by atoms with Crippen LogP contribution < -0.4 is 5.73 Å². The van der Waals surface area contributed by atoms with E-state index in [2.05, 4.69) is 24.3 Å². The summed E-state index contributed by atoms with van der Waals surface area (Å²) in [5, 5.41) is 0. The molecule has 1 aromatic carbocycles. The number of likely N-dealkylation sites (tertiary alicyclic amines) is 1. The molecule has 1 heterocycles. The van der Waals surface area contributed by atoms with Crippen LogP contribution in [0.15, 0.2) is 30.3 Å². The number of piperidine rings is 1. The van der Waals surface area contributed by atoms with E-state index in [1.807, 2.05) is 11.0 Å². The molecule has 1 saturated heterocycles. The second-order valence-corrected chi connectivity index (χ2v) is 4.97. The van der Waals surface area contributed by atoms with E-state index in [9.17, 15) is 4.79 Å². The van der Waals surface area contributed by atoms with E-state index >= 15 is 0 Å². The van der Waals surface area contributed by atoms with Crippen LogP contribution in [0.2, 0.25) is 0 Å². The number of carbonyl (C=O) groups excluding carboxylic acids is 1. The number of nitrogens with zero attached hydrogens (tertiary/aromatic N) is 1. The van der Waals surface area contributed by atoms with Crippen molar-refractivity contribution < 1.29 is 4.79 Å². The lowest BCUT2D eigenvalue weighted by atomic mass is 9.95. The van der Waals surface area contributed by atoms with E-state index in [0.29, 0.717) is 19.0 Å². The average molecular weight is 246 g/mol. The SMILES string of the molecule is NCCC(=O)N1CCCC[C@H]1Cc1ccccc1. The van der Waals surface area contributed by atoms with Crippen LogP contribution in [0.3, 0.4) is 0 Å². The lowest BCUT2D eigenvalue weighted by molar-refractivity contribution is -0.134. The Balaban J connectivity index is 2.01. The summed E-state index contributed by atoms with van der Waals surface area (Å²) < 4.78 is 0. The standard InChI is InChI=1S/C15H22N2O/c16-10-9-15(18)17-11-5-4-8-14(17)12-13-6-2-1-3-7-13/h1-3,6-7,14H,4-5,8-12,16H2/t14-/m0/s1. The molecule has 1 aliphatic rings. The molecule has 3 nitrogen and oxygen atoms in total. The Morgan fingerprint density at radius 1 is 1.28 bits per heavy atom. The van der Waals surface area contributed by atoms with Gasteiger partial charge in [-0.25, -0.2) is 0 Å². The van der Waals surface area contributed by atoms with Crippen molar-refractivity contribution in [2.24, 2.45) is 5.73 Å². The summed E-state index contributed by atoms with van der Waals surface area (Å²) in [5.74, 6) is 0.220. The molecule has 0 saturated carbocycles. The number of carbonyl (C=O) groups is 1. The van der Waals surface area contributed by atoms with Crippen LogP contribution in [-0.4, -0.2) is 29.9 Å². The predicted molar refractivity (Wildman–Crippen MR) is 73.2 cm³/mol. The smallest absolute Gasteiger partial charge is 0.224 e. The van der Waals surface area contributed by atoms with Gasteiger partial charge in [0.25, 0.3) is 0 Å². The second kappa shape index (κ2) is 6.55. The molecule has 2 rings (SSSR count). The summed E-state index contributed by atoms with van der Waals surface area (Å²) in [6, 6.07) is 10.8. The summed E-state index contributed by atoms with van der Waals surface area (Å²) >= 11 is 0. The molecule has 1 atom stereocenters. The highest BCUT2D eigenvalue weighted by atomic mass is 16.2. The van der Waals surface area contributed by atoms with E-state index in [1.54, 1.807) is 0 Å². The Kier molecular flexibility index (Phi) is 4.76. The van der Waals surface area contributed by atoms with Crippen LogP contribution >= 0.6 is 0 Å². The van der Waals surface area contributed by atoms with Gasteiger partial charge < -0.3 is 10.6 Å². The number of hydrogen-bond acceptors (Lipinski definition) is 2. The van der Waals surface area contributed by atoms with E-state index in [1.165, 1.54) is 12.0 Å². The molecule has 1 fully saturated rings. The monoisotopic (exact) mass is 246 g/mol. The average Bonchev–Trinajstić information content (AvgIpc) is 2.41. The van der Waals surface area contributed by atoms with Crippen molar-refractivity contribution in [1.82, 2.24) is 4.90 Å². The summed E-state index contributed by atoms with van der Waals surface area (Å²) in [4.78, 5) is 14.1. The van der Waals surface area contributed by atoms with Crippen LogP contribution in [0.4, 0.5) is 0 Å². The first-order valence-corrected chi connectivity index (χ1v) is 6.84. The third-order valence-corrected chi connectivity index (χ3v) is 3.62. The second-order valence-electron chi connectivity index (χ2n) is 4.97. The zero-order valence-corrected chi connectivity index (χ0v) is 10.8. The minimum absolute atomic E-state index is 0.220. The lowest BCUT2D eigenvalue weighted by Crippen LogP contribution is -2.45. The fourth-order valence-electron chi connectivity index (χ4n) is 2.69. The first-order chi connectivity index (χ1) is 8.81. The van der Waals surface area contributed by atoms with Gasteiger partial charge in [0.1, 0.15) is 0 Å². The van der Waals surface area contributed by atoms with Crippen LogP contribution in [0.5, 0.6) is 0 Å². The van der Waals surface area contributed by atoms with Crippen LogP contribution in [0.25, 0.3) is 0 Å². The van der Waals surface area contributed by atoms with Crippen molar-refractivity contribution in [1.29, 1.82) is 0 Å². The van der Waals surface area contributed by atoms with E-state index in [-0.39, 0.29) is 5.91 Å².